The highest BCUT2D eigenvalue weighted by Crippen LogP contribution is 2.40. The molecule has 33 heavy (non-hydrogen) atoms. The topological polar surface area (TPSA) is 134 Å². The van der Waals surface area contributed by atoms with E-state index in [-0.39, 0.29) is 11.9 Å². The van der Waals surface area contributed by atoms with E-state index in [1.165, 1.54) is 12.0 Å². The Balaban J connectivity index is 1.57. The van der Waals surface area contributed by atoms with Gasteiger partial charge in [0.15, 0.2) is 0 Å². The summed E-state index contributed by atoms with van der Waals surface area (Å²) >= 11 is 0. The van der Waals surface area contributed by atoms with E-state index in [4.69, 9.17) is 5.73 Å². The Kier molecular flexibility index (Phi) is 9.54. The third kappa shape index (κ3) is 8.03. The fourth-order valence-corrected chi connectivity index (χ4v) is 4.80. The van der Waals surface area contributed by atoms with Gasteiger partial charge in [0.25, 0.3) is 0 Å². The molecule has 4 atom stereocenters. The zero-order chi connectivity index (χ0) is 23.6. The van der Waals surface area contributed by atoms with E-state index in [1.54, 1.807) is 0 Å². The van der Waals surface area contributed by atoms with Gasteiger partial charge in [-0.3, -0.25) is 4.79 Å². The second-order valence-corrected chi connectivity index (χ2v) is 9.45. The summed E-state index contributed by atoms with van der Waals surface area (Å²) < 4.78 is 0. The number of unbranched alkanes of at least 4 members (excludes halogenated alkanes) is 1. The molecular weight excluding hydrogens is 420 g/mol. The van der Waals surface area contributed by atoms with Crippen molar-refractivity contribution in [2.75, 3.05) is 6.54 Å². The van der Waals surface area contributed by atoms with Crippen molar-refractivity contribution < 1.29 is 19.5 Å². The standard InChI is InChI=1S/C25H38N4O4/c26-14-8-7-13-20(24(31)32)28-25(33)29-22(15-17-9-3-1-4-10-17)23(30)27-21-16-19(21)18-11-5-2-6-12-18/h2,5-6,11-12,17,19-22H,1,3-4,7-10,13-16,26H2,(H,27,30)(H,31,32)(H2,28,29,33)/t19?,20-,21+,22+/m0/s1. The lowest BCUT2D eigenvalue weighted by Crippen LogP contribution is -2.54. The number of hydrogen-bond donors (Lipinski definition) is 5. The predicted octanol–water partition coefficient (Wildman–Crippen LogP) is 2.88. The molecule has 6 N–H and O–H groups in total. The van der Waals surface area contributed by atoms with Gasteiger partial charge in [0.1, 0.15) is 12.1 Å². The van der Waals surface area contributed by atoms with E-state index in [9.17, 15) is 19.5 Å². The fourth-order valence-electron chi connectivity index (χ4n) is 4.80. The number of nitrogens with one attached hydrogen (secondary N) is 3. The molecule has 1 unspecified atom stereocenters. The second kappa shape index (κ2) is 12.6. The van der Waals surface area contributed by atoms with Crippen LogP contribution in [-0.4, -0.2) is 47.7 Å². The van der Waals surface area contributed by atoms with Crippen LogP contribution in [0.4, 0.5) is 4.79 Å². The first-order chi connectivity index (χ1) is 16.0. The lowest BCUT2D eigenvalue weighted by Gasteiger charge is -2.27. The minimum absolute atomic E-state index is 0.0710. The minimum atomic E-state index is -1.08. The number of aliphatic carboxylic acids is 1. The molecule has 0 heterocycles. The van der Waals surface area contributed by atoms with Gasteiger partial charge in [-0.15, -0.1) is 0 Å². The average Bonchev–Trinajstić information content (AvgIpc) is 3.58. The summed E-state index contributed by atoms with van der Waals surface area (Å²) in [6.45, 7) is 0.479. The van der Waals surface area contributed by atoms with E-state index in [0.29, 0.717) is 44.1 Å². The number of carboxylic acid groups (broad SMARTS) is 1. The molecule has 0 bridgehead atoms. The summed E-state index contributed by atoms with van der Waals surface area (Å²) in [6.07, 6.45) is 8.70. The van der Waals surface area contributed by atoms with Crippen LogP contribution < -0.4 is 21.7 Å². The molecule has 182 valence electrons. The zero-order valence-electron chi connectivity index (χ0n) is 19.3. The number of nitrogens with two attached hydrogens (primary N) is 1. The molecule has 2 fully saturated rings. The molecular formula is C25H38N4O4. The largest absolute Gasteiger partial charge is 0.480 e. The van der Waals surface area contributed by atoms with Gasteiger partial charge in [-0.25, -0.2) is 9.59 Å². The predicted molar refractivity (Wildman–Crippen MR) is 127 cm³/mol. The smallest absolute Gasteiger partial charge is 0.326 e. The van der Waals surface area contributed by atoms with Crippen LogP contribution in [0.25, 0.3) is 0 Å². The summed E-state index contributed by atoms with van der Waals surface area (Å²) in [6, 6.07) is 7.89. The van der Waals surface area contributed by atoms with E-state index in [2.05, 4.69) is 28.1 Å². The molecule has 8 nitrogen and oxygen atoms in total. The summed E-state index contributed by atoms with van der Waals surface area (Å²) in [5.74, 6) is -0.578. The van der Waals surface area contributed by atoms with Crippen LogP contribution in [0.2, 0.25) is 0 Å². The van der Waals surface area contributed by atoms with Crippen LogP contribution in [0.3, 0.4) is 0 Å². The summed E-state index contributed by atoms with van der Waals surface area (Å²) in [4.78, 5) is 37.3. The van der Waals surface area contributed by atoms with Crippen LogP contribution in [-0.2, 0) is 9.59 Å². The number of rotatable bonds is 12. The summed E-state index contributed by atoms with van der Waals surface area (Å²) in [7, 11) is 0. The Morgan fingerprint density at radius 2 is 1.70 bits per heavy atom. The Hall–Kier alpha value is -2.61. The second-order valence-electron chi connectivity index (χ2n) is 9.45. The van der Waals surface area contributed by atoms with Crippen molar-refractivity contribution in [3.8, 4) is 0 Å². The number of carboxylic acids is 1. The average molecular weight is 459 g/mol. The number of carbonyl (C=O) groups is 3. The molecule has 3 amide bonds. The highest BCUT2D eigenvalue weighted by Gasteiger charge is 2.41. The van der Waals surface area contributed by atoms with Crippen LogP contribution in [0, 0.1) is 5.92 Å². The maximum absolute atomic E-state index is 13.1. The summed E-state index contributed by atoms with van der Waals surface area (Å²) in [5, 5.41) is 17.8. The minimum Gasteiger partial charge on any atom is -0.480 e. The van der Waals surface area contributed by atoms with E-state index < -0.39 is 24.1 Å². The number of carbonyl (C=O) groups excluding carboxylic acids is 2. The molecule has 0 aromatic heterocycles. The lowest BCUT2D eigenvalue weighted by atomic mass is 9.84. The molecule has 2 saturated carbocycles. The van der Waals surface area contributed by atoms with Crippen LogP contribution in [0.1, 0.15) is 75.7 Å². The number of urea groups is 1. The van der Waals surface area contributed by atoms with Gasteiger partial charge in [0.05, 0.1) is 0 Å². The highest BCUT2D eigenvalue weighted by atomic mass is 16.4. The van der Waals surface area contributed by atoms with Crippen molar-refractivity contribution in [3.63, 3.8) is 0 Å². The third-order valence-electron chi connectivity index (χ3n) is 6.81. The van der Waals surface area contributed by atoms with E-state index in [0.717, 1.165) is 32.1 Å². The van der Waals surface area contributed by atoms with E-state index in [1.807, 2.05) is 18.2 Å². The normalized spacial score (nSPS) is 22.1. The van der Waals surface area contributed by atoms with Crippen LogP contribution in [0.15, 0.2) is 30.3 Å². The number of hydrogen-bond acceptors (Lipinski definition) is 4. The fraction of sp³-hybridized carbons (Fsp3) is 0.640. The van der Waals surface area contributed by atoms with Crippen molar-refractivity contribution in [2.45, 2.75) is 88.3 Å². The van der Waals surface area contributed by atoms with Gasteiger partial charge in [0.2, 0.25) is 5.91 Å². The van der Waals surface area contributed by atoms with Crippen molar-refractivity contribution in [3.05, 3.63) is 35.9 Å². The lowest BCUT2D eigenvalue weighted by molar-refractivity contribution is -0.139. The molecule has 3 rings (SSSR count). The van der Waals surface area contributed by atoms with Gasteiger partial charge in [-0.1, -0.05) is 62.4 Å². The maximum atomic E-state index is 13.1. The van der Waals surface area contributed by atoms with Crippen LogP contribution in [0.5, 0.6) is 0 Å². The summed E-state index contributed by atoms with van der Waals surface area (Å²) in [5.41, 5.74) is 6.69. The van der Waals surface area contributed by atoms with Gasteiger partial charge in [-0.2, -0.15) is 0 Å². The van der Waals surface area contributed by atoms with Gasteiger partial charge < -0.3 is 26.8 Å². The molecule has 8 heteroatoms. The van der Waals surface area contributed by atoms with E-state index >= 15 is 0 Å². The molecule has 1 aromatic rings. The molecule has 2 aliphatic rings. The first-order valence-electron chi connectivity index (χ1n) is 12.3. The van der Waals surface area contributed by atoms with Crippen molar-refractivity contribution in [2.24, 2.45) is 11.7 Å². The van der Waals surface area contributed by atoms with Crippen molar-refractivity contribution in [1.82, 2.24) is 16.0 Å². The molecule has 0 aliphatic heterocycles. The molecule has 0 saturated heterocycles. The van der Waals surface area contributed by atoms with Gasteiger partial charge >= 0.3 is 12.0 Å². The Bertz CT molecular complexity index is 782. The SMILES string of the molecule is NCCCC[C@H](NC(=O)N[C@H](CC1CCCCC1)C(=O)N[C@@H]1CC1c1ccccc1)C(=O)O. The highest BCUT2D eigenvalue weighted by molar-refractivity contribution is 5.89. The van der Waals surface area contributed by atoms with Crippen molar-refractivity contribution >= 4 is 17.9 Å². The Morgan fingerprint density at radius 1 is 1.00 bits per heavy atom. The zero-order valence-corrected chi connectivity index (χ0v) is 19.3. The van der Waals surface area contributed by atoms with Crippen LogP contribution >= 0.6 is 0 Å². The molecule has 2 aliphatic carbocycles. The monoisotopic (exact) mass is 458 g/mol. The number of amides is 3. The third-order valence-corrected chi connectivity index (χ3v) is 6.81. The first-order valence-corrected chi connectivity index (χ1v) is 12.3. The maximum Gasteiger partial charge on any atom is 0.326 e. The van der Waals surface area contributed by atoms with Crippen molar-refractivity contribution in [1.29, 1.82) is 0 Å². The Morgan fingerprint density at radius 3 is 2.36 bits per heavy atom. The van der Waals surface area contributed by atoms with Gasteiger partial charge in [-0.05, 0) is 50.1 Å². The molecule has 0 radical (unpaired) electrons. The Labute approximate surface area is 196 Å². The molecule has 1 aromatic carbocycles. The first kappa shape index (κ1) is 25.0. The quantitative estimate of drug-likeness (QED) is 0.307. The number of benzene rings is 1. The molecule has 0 spiro atoms. The van der Waals surface area contributed by atoms with Gasteiger partial charge in [0, 0.05) is 12.0 Å².